The first-order chi connectivity index (χ1) is 8.17. The first kappa shape index (κ1) is 18.5. The molecule has 1 rings (SSSR count). The van der Waals surface area contributed by atoms with E-state index >= 15 is 0 Å². The fraction of sp³-hybridized carbons (Fsp3) is 0.308. The maximum atomic E-state index is 10.3. The van der Waals surface area contributed by atoms with Crippen molar-refractivity contribution in [3.63, 3.8) is 0 Å². The molecule has 0 fully saturated rings. The van der Waals surface area contributed by atoms with Gasteiger partial charge in [-0.2, -0.15) is 0 Å². The Morgan fingerprint density at radius 2 is 2.22 bits per heavy atom. The van der Waals surface area contributed by atoms with Crippen LogP contribution in [-0.4, -0.2) is 19.2 Å². The van der Waals surface area contributed by atoms with Crippen molar-refractivity contribution in [2.75, 3.05) is 13.3 Å². The second-order valence-corrected chi connectivity index (χ2v) is 4.19. The van der Waals surface area contributed by atoms with Gasteiger partial charge < -0.3 is 14.6 Å². The molecule has 0 aliphatic rings. The van der Waals surface area contributed by atoms with E-state index in [0.29, 0.717) is 0 Å². The number of carboxylic acid groups (broad SMARTS) is 1. The summed E-state index contributed by atoms with van der Waals surface area (Å²) in [6, 6.07) is 5.67. The molecule has 1 atom stereocenters. The Hall–Kier alpha value is 0.465. The maximum Gasteiger partial charge on any atom is 1.00 e. The first-order valence-electron chi connectivity index (χ1n) is 5.43. The molecule has 0 aromatic heterocycles. The number of methoxy groups -OCH3 is 1. The van der Waals surface area contributed by atoms with Crippen LogP contribution < -0.4 is 68.0 Å². The summed E-state index contributed by atoms with van der Waals surface area (Å²) in [5.41, 5.74) is 1.93. The second-order valence-electron chi connectivity index (χ2n) is 3.62. The van der Waals surface area contributed by atoms with Gasteiger partial charge in [-0.1, -0.05) is 18.2 Å². The van der Waals surface area contributed by atoms with E-state index < -0.39 is 5.97 Å². The number of carboxylic acids is 1. The molecule has 0 amide bonds. The number of carbonyl (C=O) groups excluding carboxylic acids is 1. The van der Waals surface area contributed by atoms with Crippen LogP contribution in [-0.2, 0) is 11.2 Å². The summed E-state index contributed by atoms with van der Waals surface area (Å²) < 4.78 is 5.29. The van der Waals surface area contributed by atoms with Gasteiger partial charge in [-0.05, 0) is 42.3 Å². The van der Waals surface area contributed by atoms with Crippen LogP contribution in [0.2, 0.25) is 0 Å². The standard InChI is InChI=1S/C13H17O3P.Rb/c1-16-12-9-10(5-7-13(14)15)4-6-11(12)3-2-8-17;/h4-7,9H,2-3,8,17H2,1H3,(H,14,15);/q;+1/p-1/b7-5+;. The van der Waals surface area contributed by atoms with Crippen LogP contribution in [0.1, 0.15) is 17.5 Å². The van der Waals surface area contributed by atoms with Gasteiger partial charge in [0.05, 0.1) is 13.1 Å². The van der Waals surface area contributed by atoms with Crippen molar-refractivity contribution in [3.05, 3.63) is 35.4 Å². The molecular weight excluding hydrogens is 321 g/mol. The van der Waals surface area contributed by atoms with Crippen molar-refractivity contribution in [2.45, 2.75) is 12.8 Å². The molecule has 0 saturated heterocycles. The minimum absolute atomic E-state index is 0. The average molecular weight is 337 g/mol. The number of rotatable bonds is 6. The Labute approximate surface area is 159 Å². The zero-order valence-electron chi connectivity index (χ0n) is 10.8. The molecule has 0 aliphatic carbocycles. The number of aliphatic carboxylic acids is 1. The van der Waals surface area contributed by atoms with Crippen LogP contribution >= 0.6 is 9.24 Å². The van der Waals surface area contributed by atoms with Crippen LogP contribution in [0.5, 0.6) is 5.75 Å². The van der Waals surface area contributed by atoms with E-state index in [9.17, 15) is 9.90 Å². The van der Waals surface area contributed by atoms with Crippen LogP contribution in [0.3, 0.4) is 0 Å². The SMILES string of the molecule is COc1cc(/C=C/C(=O)[O-])ccc1CCCP.[Rb+]. The van der Waals surface area contributed by atoms with Gasteiger partial charge in [-0.15, -0.1) is 9.24 Å². The van der Waals surface area contributed by atoms with E-state index in [4.69, 9.17) is 4.74 Å². The molecule has 3 nitrogen and oxygen atoms in total. The monoisotopic (exact) mass is 336 g/mol. The van der Waals surface area contributed by atoms with E-state index in [1.807, 2.05) is 18.2 Å². The van der Waals surface area contributed by atoms with Crippen molar-refractivity contribution in [1.82, 2.24) is 0 Å². The summed E-state index contributed by atoms with van der Waals surface area (Å²) in [4.78, 5) is 10.3. The fourth-order valence-electron chi connectivity index (χ4n) is 1.53. The normalized spacial score (nSPS) is 10.1. The molecule has 0 bridgehead atoms. The first-order valence-corrected chi connectivity index (χ1v) is 6.25. The Kier molecular flexibility index (Phi) is 10.5. The Balaban J connectivity index is 0.00000289. The van der Waals surface area contributed by atoms with E-state index in [1.54, 1.807) is 7.11 Å². The molecule has 0 aliphatic heterocycles. The third-order valence-electron chi connectivity index (χ3n) is 2.37. The van der Waals surface area contributed by atoms with Gasteiger partial charge in [0.1, 0.15) is 5.75 Å². The van der Waals surface area contributed by atoms with E-state index in [1.165, 1.54) is 6.08 Å². The van der Waals surface area contributed by atoms with Crippen LogP contribution in [0.15, 0.2) is 24.3 Å². The molecule has 0 spiro atoms. The summed E-state index contributed by atoms with van der Waals surface area (Å²) in [6.45, 7) is 0. The third-order valence-corrected chi connectivity index (χ3v) is 2.78. The molecule has 0 saturated carbocycles. The summed E-state index contributed by atoms with van der Waals surface area (Å²) in [6.07, 6.45) is 5.59. The Bertz CT molecular complexity index is 419. The van der Waals surface area contributed by atoms with Gasteiger partial charge in [0.2, 0.25) is 0 Å². The largest absolute Gasteiger partial charge is 1.00 e. The molecule has 0 radical (unpaired) electrons. The van der Waals surface area contributed by atoms with E-state index in [-0.39, 0.29) is 58.2 Å². The van der Waals surface area contributed by atoms with Crippen molar-refractivity contribution in [2.24, 2.45) is 0 Å². The van der Waals surface area contributed by atoms with Gasteiger partial charge >= 0.3 is 58.2 Å². The molecule has 1 unspecified atom stereocenters. The maximum absolute atomic E-state index is 10.3. The van der Waals surface area contributed by atoms with Crippen LogP contribution in [0.4, 0.5) is 0 Å². The molecule has 1 aromatic carbocycles. The number of carbonyl (C=O) groups is 1. The summed E-state index contributed by atoms with van der Waals surface area (Å²) in [5, 5.41) is 10.3. The van der Waals surface area contributed by atoms with E-state index in [0.717, 1.165) is 42.0 Å². The number of hydrogen-bond donors (Lipinski definition) is 0. The van der Waals surface area contributed by atoms with Crippen molar-refractivity contribution in [3.8, 4) is 5.75 Å². The number of aryl methyl sites for hydroxylation is 1. The smallest absolute Gasteiger partial charge is 0.545 e. The Morgan fingerprint density at radius 3 is 2.78 bits per heavy atom. The van der Waals surface area contributed by atoms with Crippen LogP contribution in [0.25, 0.3) is 6.08 Å². The molecule has 18 heavy (non-hydrogen) atoms. The van der Waals surface area contributed by atoms with Gasteiger partial charge in [0, 0.05) is 0 Å². The Morgan fingerprint density at radius 1 is 1.50 bits per heavy atom. The van der Waals surface area contributed by atoms with Gasteiger partial charge in [-0.25, -0.2) is 0 Å². The van der Waals surface area contributed by atoms with Crippen molar-refractivity contribution in [1.29, 1.82) is 0 Å². The van der Waals surface area contributed by atoms with Crippen molar-refractivity contribution < 1.29 is 72.8 Å². The average Bonchev–Trinajstić information content (AvgIpc) is 2.34. The minimum Gasteiger partial charge on any atom is -0.545 e. The van der Waals surface area contributed by atoms with Gasteiger partial charge in [0.15, 0.2) is 0 Å². The minimum atomic E-state index is -1.20. The molecule has 0 heterocycles. The van der Waals surface area contributed by atoms with Gasteiger partial charge in [0.25, 0.3) is 0 Å². The zero-order chi connectivity index (χ0) is 12.7. The molecular formula is C13H16O3PRb. The molecule has 92 valence electrons. The fourth-order valence-corrected chi connectivity index (χ4v) is 1.73. The number of ether oxygens (including phenoxy) is 1. The molecule has 1 aromatic rings. The zero-order valence-corrected chi connectivity index (χ0v) is 16.9. The molecule has 0 N–H and O–H groups in total. The summed E-state index contributed by atoms with van der Waals surface area (Å²) in [7, 11) is 4.31. The predicted molar refractivity (Wildman–Crippen MR) is 69.9 cm³/mol. The van der Waals surface area contributed by atoms with Gasteiger partial charge in [-0.3, -0.25) is 0 Å². The summed E-state index contributed by atoms with van der Waals surface area (Å²) in [5.74, 6) is -0.403. The topological polar surface area (TPSA) is 49.4 Å². The molecule has 5 heteroatoms. The number of benzene rings is 1. The van der Waals surface area contributed by atoms with Crippen LogP contribution in [0, 0.1) is 0 Å². The quantitative estimate of drug-likeness (QED) is 0.458. The third kappa shape index (κ3) is 6.58. The van der Waals surface area contributed by atoms with E-state index in [2.05, 4.69) is 9.24 Å². The van der Waals surface area contributed by atoms with Crippen molar-refractivity contribution >= 4 is 21.3 Å². The predicted octanol–water partition coefficient (Wildman–Crippen LogP) is -1.73. The second kappa shape index (κ2) is 10.3. The number of hydrogen-bond acceptors (Lipinski definition) is 3. The summed E-state index contributed by atoms with van der Waals surface area (Å²) >= 11 is 0.